The fraction of sp³-hybridized carbons (Fsp3) is 0.417. The molecule has 1 heterocycles. The predicted octanol–water partition coefficient (Wildman–Crippen LogP) is 2.28. The van der Waals surface area contributed by atoms with Gasteiger partial charge in [0.15, 0.2) is 0 Å². The number of ether oxygens (including phenoxy) is 1. The summed E-state index contributed by atoms with van der Waals surface area (Å²) in [6, 6.07) is 5.11. The topological polar surface area (TPSA) is 38.3 Å². The summed E-state index contributed by atoms with van der Waals surface area (Å²) in [5.74, 6) is 0.666. The molecule has 3 nitrogen and oxygen atoms in total. The van der Waals surface area contributed by atoms with Gasteiger partial charge in [0, 0.05) is 5.56 Å². The highest BCUT2D eigenvalue weighted by Crippen LogP contribution is 2.27. The van der Waals surface area contributed by atoms with Crippen molar-refractivity contribution in [3.05, 3.63) is 28.8 Å². The van der Waals surface area contributed by atoms with Crippen molar-refractivity contribution >= 4 is 17.9 Å². The molecule has 0 atom stereocenters. The molecule has 86 valence electrons. The van der Waals surface area contributed by atoms with E-state index in [4.69, 9.17) is 16.3 Å². The lowest BCUT2D eigenvalue weighted by molar-refractivity contribution is 0.112. The van der Waals surface area contributed by atoms with Gasteiger partial charge in [0.1, 0.15) is 18.1 Å². The van der Waals surface area contributed by atoms with Crippen molar-refractivity contribution in [2.75, 3.05) is 13.1 Å². The van der Waals surface area contributed by atoms with E-state index in [1.165, 1.54) is 0 Å². The molecule has 1 N–H and O–H groups in total. The van der Waals surface area contributed by atoms with Gasteiger partial charge in [-0.3, -0.25) is 4.79 Å². The van der Waals surface area contributed by atoms with Crippen LogP contribution in [0.15, 0.2) is 18.2 Å². The summed E-state index contributed by atoms with van der Waals surface area (Å²) in [4.78, 5) is 10.6. The zero-order chi connectivity index (χ0) is 11.4. The van der Waals surface area contributed by atoms with Gasteiger partial charge >= 0.3 is 0 Å². The maximum atomic E-state index is 10.6. The summed E-state index contributed by atoms with van der Waals surface area (Å²) in [5.41, 5.74) is 0.572. The Bertz CT molecular complexity index is 375. The van der Waals surface area contributed by atoms with Gasteiger partial charge in [-0.25, -0.2) is 0 Å². The third-order valence-corrected chi connectivity index (χ3v) is 2.97. The van der Waals surface area contributed by atoms with Gasteiger partial charge in [-0.1, -0.05) is 11.6 Å². The minimum atomic E-state index is 0.223. The minimum Gasteiger partial charge on any atom is -0.489 e. The van der Waals surface area contributed by atoms with E-state index >= 15 is 0 Å². The van der Waals surface area contributed by atoms with Gasteiger partial charge in [0.25, 0.3) is 0 Å². The van der Waals surface area contributed by atoms with Crippen LogP contribution in [0.2, 0.25) is 5.02 Å². The van der Waals surface area contributed by atoms with E-state index in [0.717, 1.165) is 32.2 Å². The molecule has 16 heavy (non-hydrogen) atoms. The van der Waals surface area contributed by atoms with Gasteiger partial charge in [-0.15, -0.1) is 0 Å². The van der Waals surface area contributed by atoms with Crippen LogP contribution in [0, 0.1) is 0 Å². The molecule has 0 spiro atoms. The Kier molecular flexibility index (Phi) is 3.80. The molecule has 0 aromatic heterocycles. The molecule has 0 aliphatic carbocycles. The van der Waals surface area contributed by atoms with Gasteiger partial charge in [0.2, 0.25) is 0 Å². The van der Waals surface area contributed by atoms with Crippen LogP contribution in [0.4, 0.5) is 0 Å². The van der Waals surface area contributed by atoms with E-state index in [9.17, 15) is 4.79 Å². The van der Waals surface area contributed by atoms with Crippen LogP contribution < -0.4 is 10.1 Å². The molecular formula is C12H14ClNO2. The molecule has 1 aliphatic rings. The average molecular weight is 240 g/mol. The Balaban J connectivity index is 2.05. The lowest BCUT2D eigenvalue weighted by atomic mass is 10.1. The summed E-state index contributed by atoms with van der Waals surface area (Å²) >= 11 is 6.03. The average Bonchev–Trinajstić information content (AvgIpc) is 2.33. The number of nitrogens with one attached hydrogen (secondary N) is 1. The van der Waals surface area contributed by atoms with Gasteiger partial charge in [-0.2, -0.15) is 0 Å². The van der Waals surface area contributed by atoms with Gasteiger partial charge in [-0.05, 0) is 44.1 Å². The number of halogens is 1. The number of carbonyl (C=O) groups is 1. The Morgan fingerprint density at radius 1 is 1.38 bits per heavy atom. The molecule has 1 aromatic carbocycles. The number of piperidine rings is 1. The highest BCUT2D eigenvalue weighted by molar-refractivity contribution is 6.32. The summed E-state index contributed by atoms with van der Waals surface area (Å²) in [6.45, 7) is 1.96. The van der Waals surface area contributed by atoms with Gasteiger partial charge in [0.05, 0.1) is 5.02 Å². The Labute approximate surface area is 99.7 Å². The molecule has 0 unspecified atom stereocenters. The highest BCUT2D eigenvalue weighted by atomic mass is 35.5. The van der Waals surface area contributed by atoms with E-state index in [2.05, 4.69) is 5.32 Å². The first-order chi connectivity index (χ1) is 7.79. The molecule has 4 heteroatoms. The lowest BCUT2D eigenvalue weighted by Crippen LogP contribution is -2.34. The van der Waals surface area contributed by atoms with E-state index in [-0.39, 0.29) is 6.10 Å². The van der Waals surface area contributed by atoms with Crippen molar-refractivity contribution in [1.82, 2.24) is 5.32 Å². The summed E-state index contributed by atoms with van der Waals surface area (Å²) in [6.07, 6.45) is 2.98. The molecule has 1 saturated heterocycles. The van der Waals surface area contributed by atoms with E-state index in [1.807, 2.05) is 0 Å². The maximum Gasteiger partial charge on any atom is 0.150 e. The molecule has 1 aliphatic heterocycles. The van der Waals surface area contributed by atoms with Crippen molar-refractivity contribution in [3.8, 4) is 5.75 Å². The largest absolute Gasteiger partial charge is 0.489 e. The number of hydrogen-bond acceptors (Lipinski definition) is 3. The summed E-state index contributed by atoms with van der Waals surface area (Å²) in [7, 11) is 0. The van der Waals surface area contributed by atoms with E-state index < -0.39 is 0 Å². The van der Waals surface area contributed by atoms with E-state index in [0.29, 0.717) is 16.3 Å². The highest BCUT2D eigenvalue weighted by Gasteiger charge is 2.15. The van der Waals surface area contributed by atoms with Crippen molar-refractivity contribution in [3.63, 3.8) is 0 Å². The number of hydrogen-bond donors (Lipinski definition) is 1. The molecular weight excluding hydrogens is 226 g/mol. The van der Waals surface area contributed by atoms with Crippen LogP contribution in [0.1, 0.15) is 23.2 Å². The lowest BCUT2D eigenvalue weighted by Gasteiger charge is -2.24. The fourth-order valence-electron chi connectivity index (χ4n) is 1.78. The van der Waals surface area contributed by atoms with Crippen molar-refractivity contribution < 1.29 is 9.53 Å². The first kappa shape index (κ1) is 11.4. The predicted molar refractivity (Wildman–Crippen MR) is 63.4 cm³/mol. The number of rotatable bonds is 3. The second kappa shape index (κ2) is 5.32. The molecule has 0 saturated carbocycles. The zero-order valence-electron chi connectivity index (χ0n) is 8.91. The van der Waals surface area contributed by atoms with Crippen LogP contribution in [0.3, 0.4) is 0 Å². The quantitative estimate of drug-likeness (QED) is 0.823. The normalized spacial score (nSPS) is 17.1. The van der Waals surface area contributed by atoms with Crippen molar-refractivity contribution in [2.24, 2.45) is 0 Å². The monoisotopic (exact) mass is 239 g/mol. The van der Waals surface area contributed by atoms with Crippen LogP contribution in [0.25, 0.3) is 0 Å². The zero-order valence-corrected chi connectivity index (χ0v) is 9.67. The Morgan fingerprint density at radius 2 is 2.12 bits per heavy atom. The van der Waals surface area contributed by atoms with Crippen LogP contribution in [0.5, 0.6) is 5.75 Å². The molecule has 0 amide bonds. The number of carbonyl (C=O) groups excluding carboxylic acids is 1. The molecule has 1 aromatic rings. The SMILES string of the molecule is O=Cc1ccc(OC2CCNCC2)c(Cl)c1. The van der Waals surface area contributed by atoms with Crippen LogP contribution in [-0.4, -0.2) is 25.5 Å². The molecule has 2 rings (SSSR count). The van der Waals surface area contributed by atoms with Crippen molar-refractivity contribution in [2.45, 2.75) is 18.9 Å². The third kappa shape index (κ3) is 2.74. The van der Waals surface area contributed by atoms with Crippen LogP contribution in [-0.2, 0) is 0 Å². The molecule has 1 fully saturated rings. The first-order valence-corrected chi connectivity index (χ1v) is 5.79. The molecule has 0 bridgehead atoms. The van der Waals surface area contributed by atoms with Crippen molar-refractivity contribution in [1.29, 1.82) is 0 Å². The maximum absolute atomic E-state index is 10.6. The minimum absolute atomic E-state index is 0.223. The Morgan fingerprint density at radius 3 is 2.75 bits per heavy atom. The van der Waals surface area contributed by atoms with Gasteiger partial charge < -0.3 is 10.1 Å². The van der Waals surface area contributed by atoms with E-state index in [1.54, 1.807) is 18.2 Å². The first-order valence-electron chi connectivity index (χ1n) is 5.41. The summed E-state index contributed by atoms with van der Waals surface area (Å²) < 4.78 is 5.80. The Hall–Kier alpha value is -1.06. The standard InChI is InChI=1S/C12H14ClNO2/c13-11-7-9(8-15)1-2-12(11)16-10-3-5-14-6-4-10/h1-2,7-8,10,14H,3-6H2. The summed E-state index contributed by atoms with van der Waals surface area (Å²) in [5, 5.41) is 3.78. The number of aldehydes is 1. The smallest absolute Gasteiger partial charge is 0.150 e. The third-order valence-electron chi connectivity index (χ3n) is 2.67. The van der Waals surface area contributed by atoms with Crippen LogP contribution >= 0.6 is 11.6 Å². The molecule has 0 radical (unpaired) electrons. The second-order valence-electron chi connectivity index (χ2n) is 3.87. The number of benzene rings is 1. The second-order valence-corrected chi connectivity index (χ2v) is 4.28. The fourth-order valence-corrected chi connectivity index (χ4v) is 2.01.